The van der Waals surface area contributed by atoms with Crippen LogP contribution >= 0.6 is 0 Å². The SMILES string of the molecule is C/C(N=NS(=O)(=O)c1ccc(C)cc1)=C1\C=CC=CN1O. The van der Waals surface area contributed by atoms with E-state index in [-0.39, 0.29) is 10.6 Å². The summed E-state index contributed by atoms with van der Waals surface area (Å²) in [5.74, 6) is 0. The first-order chi connectivity index (χ1) is 9.90. The first kappa shape index (κ1) is 15.1. The molecule has 0 atom stereocenters. The molecule has 0 unspecified atom stereocenters. The van der Waals surface area contributed by atoms with Gasteiger partial charge >= 0.3 is 0 Å². The molecule has 1 aliphatic heterocycles. The van der Waals surface area contributed by atoms with Gasteiger partial charge in [0.15, 0.2) is 0 Å². The van der Waals surface area contributed by atoms with Gasteiger partial charge < -0.3 is 0 Å². The normalized spacial score (nSPS) is 17.6. The molecule has 7 heteroatoms. The third-order valence-corrected chi connectivity index (χ3v) is 3.99. The highest BCUT2D eigenvalue weighted by molar-refractivity contribution is 7.90. The molecule has 2 rings (SSSR count). The molecule has 1 heterocycles. The van der Waals surface area contributed by atoms with Crippen LogP contribution in [-0.2, 0) is 10.0 Å². The summed E-state index contributed by atoms with van der Waals surface area (Å²) >= 11 is 0. The third-order valence-electron chi connectivity index (χ3n) is 2.83. The van der Waals surface area contributed by atoms with E-state index in [0.717, 1.165) is 10.6 Å². The predicted octanol–water partition coefficient (Wildman–Crippen LogP) is 3.14. The van der Waals surface area contributed by atoms with E-state index in [1.165, 1.54) is 18.3 Å². The minimum absolute atomic E-state index is 0.0783. The van der Waals surface area contributed by atoms with Crippen LogP contribution in [0.15, 0.2) is 74.6 Å². The summed E-state index contributed by atoms with van der Waals surface area (Å²) in [6, 6.07) is 6.34. The Hall–Kier alpha value is -2.25. The van der Waals surface area contributed by atoms with Crippen molar-refractivity contribution in [2.24, 2.45) is 9.63 Å². The zero-order valence-electron chi connectivity index (χ0n) is 11.6. The third kappa shape index (κ3) is 3.65. The van der Waals surface area contributed by atoms with Gasteiger partial charge in [-0.05, 0) is 38.1 Å². The van der Waals surface area contributed by atoms with E-state index in [9.17, 15) is 13.6 Å². The number of sulfonamides is 1. The number of hydrogen-bond donors (Lipinski definition) is 1. The molecule has 0 aliphatic carbocycles. The number of hydrogen-bond acceptors (Lipinski definition) is 5. The number of aryl methyl sites for hydroxylation is 1. The predicted molar refractivity (Wildman–Crippen MR) is 77.8 cm³/mol. The minimum atomic E-state index is -3.85. The highest BCUT2D eigenvalue weighted by atomic mass is 32.2. The zero-order valence-corrected chi connectivity index (χ0v) is 12.4. The Morgan fingerprint density at radius 1 is 1.19 bits per heavy atom. The second-order valence-corrected chi connectivity index (χ2v) is 6.07. The largest absolute Gasteiger partial charge is 0.299 e. The summed E-state index contributed by atoms with van der Waals surface area (Å²) in [5, 5.41) is 14.2. The van der Waals surface area contributed by atoms with Gasteiger partial charge in [-0.2, -0.15) is 8.42 Å². The number of rotatable bonds is 3. The van der Waals surface area contributed by atoms with Crippen molar-refractivity contribution in [3.63, 3.8) is 0 Å². The van der Waals surface area contributed by atoms with Gasteiger partial charge in [-0.15, -0.1) is 5.11 Å². The molecule has 0 saturated heterocycles. The van der Waals surface area contributed by atoms with Gasteiger partial charge in [-0.3, -0.25) is 5.21 Å². The summed E-state index contributed by atoms with van der Waals surface area (Å²) in [6.45, 7) is 3.43. The Kier molecular flexibility index (Phi) is 4.35. The Morgan fingerprint density at radius 2 is 1.86 bits per heavy atom. The van der Waals surface area contributed by atoms with Crippen molar-refractivity contribution in [2.45, 2.75) is 18.7 Å². The van der Waals surface area contributed by atoms with E-state index in [1.54, 1.807) is 37.3 Å². The van der Waals surface area contributed by atoms with E-state index in [4.69, 9.17) is 0 Å². The maximum atomic E-state index is 12.0. The lowest BCUT2D eigenvalue weighted by atomic mass is 10.2. The van der Waals surface area contributed by atoms with Crippen molar-refractivity contribution in [2.75, 3.05) is 0 Å². The molecule has 1 aliphatic rings. The van der Waals surface area contributed by atoms with Crippen LogP contribution in [-0.4, -0.2) is 18.7 Å². The molecule has 0 saturated carbocycles. The molecule has 21 heavy (non-hydrogen) atoms. The van der Waals surface area contributed by atoms with Crippen molar-refractivity contribution in [3.8, 4) is 0 Å². The molecule has 0 aromatic heterocycles. The molecule has 110 valence electrons. The highest BCUT2D eigenvalue weighted by Crippen LogP contribution is 2.18. The quantitative estimate of drug-likeness (QED) is 0.870. The minimum Gasteiger partial charge on any atom is -0.284 e. The van der Waals surface area contributed by atoms with Gasteiger partial charge in [-0.25, -0.2) is 5.06 Å². The van der Waals surface area contributed by atoms with Crippen LogP contribution in [0.3, 0.4) is 0 Å². The zero-order chi connectivity index (χ0) is 15.5. The lowest BCUT2D eigenvalue weighted by Crippen LogP contribution is -2.12. The van der Waals surface area contributed by atoms with Crippen molar-refractivity contribution in [3.05, 3.63) is 65.7 Å². The van der Waals surface area contributed by atoms with E-state index in [0.29, 0.717) is 5.70 Å². The summed E-state index contributed by atoms with van der Waals surface area (Å²) in [5.41, 5.74) is 1.60. The lowest BCUT2D eigenvalue weighted by Gasteiger charge is -2.16. The summed E-state index contributed by atoms with van der Waals surface area (Å²) in [4.78, 5) is 0.0783. The Labute approximate surface area is 123 Å². The topological polar surface area (TPSA) is 82.3 Å². The van der Waals surface area contributed by atoms with E-state index < -0.39 is 10.0 Å². The van der Waals surface area contributed by atoms with Crippen LogP contribution in [0.1, 0.15) is 12.5 Å². The van der Waals surface area contributed by atoms with Crippen molar-refractivity contribution >= 4 is 10.0 Å². The second kappa shape index (κ2) is 6.02. The first-order valence-corrected chi connectivity index (χ1v) is 7.63. The summed E-state index contributed by atoms with van der Waals surface area (Å²) < 4.78 is 27.5. The summed E-state index contributed by atoms with van der Waals surface area (Å²) in [6.07, 6.45) is 6.36. The van der Waals surface area contributed by atoms with Gasteiger partial charge in [0.2, 0.25) is 0 Å². The number of benzene rings is 1. The average molecular weight is 305 g/mol. The standard InChI is InChI=1S/C14H15N3O3S/c1-11-6-8-13(9-7-11)21(19,20)16-15-12(2)14-5-3-4-10-17(14)18/h3-10,18H,1-2H3/b14-12-,16-15?. The van der Waals surface area contributed by atoms with Gasteiger partial charge in [0.05, 0.1) is 16.3 Å². The smallest absolute Gasteiger partial charge is 0.284 e. The van der Waals surface area contributed by atoms with Gasteiger partial charge in [0.1, 0.15) is 0 Å². The van der Waals surface area contributed by atoms with E-state index >= 15 is 0 Å². The number of nitrogens with zero attached hydrogens (tertiary/aromatic N) is 3. The first-order valence-electron chi connectivity index (χ1n) is 6.19. The molecule has 0 fully saturated rings. The fraction of sp³-hybridized carbons (Fsp3) is 0.143. The molecule has 0 spiro atoms. The molecule has 1 aromatic carbocycles. The number of allylic oxidation sites excluding steroid dienone is 4. The van der Waals surface area contributed by atoms with Crippen molar-refractivity contribution in [1.29, 1.82) is 0 Å². The van der Waals surface area contributed by atoms with Gasteiger partial charge in [0.25, 0.3) is 10.0 Å². The van der Waals surface area contributed by atoms with Crippen LogP contribution in [0.2, 0.25) is 0 Å². The van der Waals surface area contributed by atoms with Crippen LogP contribution in [0, 0.1) is 6.92 Å². The molecule has 0 radical (unpaired) electrons. The Bertz CT molecular complexity index is 744. The molecular weight excluding hydrogens is 290 g/mol. The van der Waals surface area contributed by atoms with Crippen LogP contribution in [0.5, 0.6) is 0 Å². The van der Waals surface area contributed by atoms with Crippen LogP contribution in [0.25, 0.3) is 0 Å². The van der Waals surface area contributed by atoms with Crippen LogP contribution < -0.4 is 0 Å². The lowest BCUT2D eigenvalue weighted by molar-refractivity contribution is -0.00148. The number of hydroxylamine groups is 2. The highest BCUT2D eigenvalue weighted by Gasteiger charge is 2.13. The van der Waals surface area contributed by atoms with E-state index in [2.05, 4.69) is 9.63 Å². The Balaban J connectivity index is 2.28. The maximum Gasteiger partial charge on any atom is 0.299 e. The monoisotopic (exact) mass is 305 g/mol. The van der Waals surface area contributed by atoms with Crippen LogP contribution in [0.4, 0.5) is 0 Å². The molecule has 0 bridgehead atoms. The molecule has 6 nitrogen and oxygen atoms in total. The average Bonchev–Trinajstić information content (AvgIpc) is 2.46. The summed E-state index contributed by atoms with van der Waals surface area (Å²) in [7, 11) is -3.85. The van der Waals surface area contributed by atoms with Gasteiger partial charge in [0, 0.05) is 6.20 Å². The van der Waals surface area contributed by atoms with Gasteiger partial charge in [-0.1, -0.05) is 28.3 Å². The molecular formula is C14H15N3O3S. The second-order valence-electron chi connectivity index (χ2n) is 4.49. The van der Waals surface area contributed by atoms with E-state index in [1.807, 2.05) is 6.92 Å². The molecule has 1 aromatic rings. The maximum absolute atomic E-state index is 12.0. The fourth-order valence-corrected chi connectivity index (χ4v) is 2.45. The van der Waals surface area contributed by atoms with Crippen molar-refractivity contribution < 1.29 is 13.6 Å². The fourth-order valence-electron chi connectivity index (χ4n) is 1.64. The Morgan fingerprint density at radius 3 is 2.48 bits per heavy atom. The molecule has 1 N–H and O–H groups in total. The molecule has 0 amide bonds. The van der Waals surface area contributed by atoms with Crippen molar-refractivity contribution in [1.82, 2.24) is 5.06 Å².